The first-order valence-electron chi connectivity index (χ1n) is 8.07. The van der Waals surface area contributed by atoms with E-state index in [9.17, 15) is 13.6 Å². The van der Waals surface area contributed by atoms with Crippen LogP contribution in [0.4, 0.5) is 8.78 Å². The Morgan fingerprint density at radius 2 is 1.92 bits per heavy atom. The number of likely N-dealkylation sites (tertiary alicyclic amines) is 1. The minimum absolute atomic E-state index is 0.382. The van der Waals surface area contributed by atoms with E-state index in [-0.39, 0.29) is 0 Å². The molecule has 0 spiro atoms. The highest BCUT2D eigenvalue weighted by Crippen LogP contribution is 2.34. The molecular weight excluding hydrogens is 342 g/mol. The summed E-state index contributed by atoms with van der Waals surface area (Å²) in [6.45, 7) is -0.544. The third kappa shape index (κ3) is 3.85. The molecule has 1 amide bonds. The lowest BCUT2D eigenvalue weighted by molar-refractivity contribution is -0.120. The molecule has 0 aliphatic carbocycles. The molecule has 0 bridgehead atoms. The number of alkyl halides is 2. The smallest absolute Gasteiger partial charge is 0.283 e. The Hall–Kier alpha value is -1.92. The molecule has 3 rings (SSSR count). The van der Waals surface area contributed by atoms with E-state index in [1.54, 1.807) is 6.26 Å². The van der Waals surface area contributed by atoms with Crippen LogP contribution in [0.5, 0.6) is 0 Å². The van der Waals surface area contributed by atoms with Gasteiger partial charge in [0.05, 0.1) is 12.6 Å². The first kappa shape index (κ1) is 17.9. The van der Waals surface area contributed by atoms with Crippen molar-refractivity contribution in [2.75, 3.05) is 12.8 Å². The van der Waals surface area contributed by atoms with Crippen LogP contribution in [0.25, 0.3) is 11.1 Å². The number of nitrogens with zero attached hydrogens (tertiary/aromatic N) is 1. The van der Waals surface area contributed by atoms with E-state index in [1.165, 1.54) is 4.90 Å². The topological polar surface area (TPSA) is 32.3 Å². The summed E-state index contributed by atoms with van der Waals surface area (Å²) in [5.41, 5.74) is 3.05. The summed E-state index contributed by atoms with van der Waals surface area (Å²) < 4.78 is 31.3. The van der Waals surface area contributed by atoms with Crippen molar-refractivity contribution in [1.29, 1.82) is 0 Å². The third-order valence-electron chi connectivity index (χ3n) is 4.52. The van der Waals surface area contributed by atoms with Crippen molar-refractivity contribution in [2.24, 2.45) is 0 Å². The summed E-state index contributed by atoms with van der Waals surface area (Å²) in [4.78, 5) is 12.5. The van der Waals surface area contributed by atoms with Crippen molar-refractivity contribution in [3.8, 4) is 11.1 Å². The molecule has 2 aromatic rings. The molecule has 2 unspecified atom stereocenters. The van der Waals surface area contributed by atoms with Crippen LogP contribution in [0.2, 0.25) is 0 Å². The van der Waals surface area contributed by atoms with Gasteiger partial charge in [-0.15, -0.1) is 0 Å². The predicted molar refractivity (Wildman–Crippen MR) is 97.5 cm³/mol. The molecule has 0 radical (unpaired) electrons. The van der Waals surface area contributed by atoms with Crippen LogP contribution in [-0.2, 0) is 11.2 Å². The lowest BCUT2D eigenvalue weighted by Crippen LogP contribution is -2.46. The van der Waals surface area contributed by atoms with Crippen LogP contribution >= 0.6 is 11.9 Å². The maximum absolute atomic E-state index is 14.3. The number of rotatable bonds is 6. The highest BCUT2D eigenvalue weighted by atomic mass is 32.2. The number of amides is 1. The summed E-state index contributed by atoms with van der Waals surface area (Å²) in [6, 6.07) is 16.1. The molecule has 1 heterocycles. The van der Waals surface area contributed by atoms with Gasteiger partial charge in [-0.2, -0.15) is 0 Å². The Morgan fingerprint density at radius 3 is 2.60 bits per heavy atom. The molecule has 132 valence electrons. The molecule has 1 aliphatic rings. The molecule has 0 aromatic heterocycles. The number of benzene rings is 2. The molecule has 2 atom stereocenters. The van der Waals surface area contributed by atoms with Crippen molar-refractivity contribution in [3.05, 3.63) is 60.2 Å². The Labute approximate surface area is 150 Å². The molecule has 3 nitrogen and oxygen atoms in total. The highest BCUT2D eigenvalue weighted by Gasteiger charge is 2.53. The van der Waals surface area contributed by atoms with Crippen molar-refractivity contribution in [3.63, 3.8) is 0 Å². The number of carbonyl (C=O) groups excluding carboxylic acids is 1. The maximum atomic E-state index is 14.3. The second kappa shape index (κ2) is 7.54. The van der Waals surface area contributed by atoms with E-state index < -0.39 is 24.6 Å². The quantitative estimate of drug-likeness (QED) is 0.629. The van der Waals surface area contributed by atoms with Crippen molar-refractivity contribution in [1.82, 2.24) is 9.62 Å². The SMILES string of the molecule is CSNC1C(Cc2cccc(-c3ccccc3)c2)N(C=O)CC1(F)F. The average molecular weight is 362 g/mol. The Balaban J connectivity index is 1.86. The summed E-state index contributed by atoms with van der Waals surface area (Å²) in [7, 11) is 0. The average Bonchev–Trinajstić information content (AvgIpc) is 2.87. The van der Waals surface area contributed by atoms with Crippen molar-refractivity contribution >= 4 is 18.4 Å². The molecule has 1 saturated heterocycles. The van der Waals surface area contributed by atoms with Gasteiger partial charge in [-0.3, -0.25) is 9.52 Å². The fourth-order valence-corrected chi connectivity index (χ4v) is 3.91. The van der Waals surface area contributed by atoms with Crippen LogP contribution < -0.4 is 4.72 Å². The highest BCUT2D eigenvalue weighted by molar-refractivity contribution is 7.96. The van der Waals surface area contributed by atoms with Gasteiger partial charge < -0.3 is 4.90 Å². The second-order valence-corrected chi connectivity index (χ2v) is 6.82. The van der Waals surface area contributed by atoms with E-state index in [0.717, 1.165) is 28.6 Å². The van der Waals surface area contributed by atoms with E-state index in [4.69, 9.17) is 0 Å². The minimum Gasteiger partial charge on any atom is -0.334 e. The van der Waals surface area contributed by atoms with Gasteiger partial charge in [0.1, 0.15) is 6.04 Å². The summed E-state index contributed by atoms with van der Waals surface area (Å²) in [6.07, 6.45) is 2.63. The van der Waals surface area contributed by atoms with Crippen LogP contribution in [0.3, 0.4) is 0 Å². The predicted octanol–water partition coefficient (Wildman–Crippen LogP) is 3.61. The Kier molecular flexibility index (Phi) is 5.39. The van der Waals surface area contributed by atoms with E-state index in [2.05, 4.69) is 4.72 Å². The Bertz CT molecular complexity index is 726. The van der Waals surface area contributed by atoms with Gasteiger partial charge in [-0.1, -0.05) is 66.5 Å². The number of halogens is 2. The van der Waals surface area contributed by atoms with E-state index in [0.29, 0.717) is 12.8 Å². The van der Waals surface area contributed by atoms with E-state index >= 15 is 0 Å². The Morgan fingerprint density at radius 1 is 1.20 bits per heavy atom. The molecule has 1 N–H and O–H groups in total. The van der Waals surface area contributed by atoms with Gasteiger partial charge in [0.25, 0.3) is 5.92 Å². The number of hydrogen-bond donors (Lipinski definition) is 1. The lowest BCUT2D eigenvalue weighted by atomic mass is 9.96. The van der Waals surface area contributed by atoms with Gasteiger partial charge in [-0.05, 0) is 29.4 Å². The zero-order chi connectivity index (χ0) is 17.9. The van der Waals surface area contributed by atoms with Gasteiger partial charge in [0.15, 0.2) is 0 Å². The monoisotopic (exact) mass is 362 g/mol. The van der Waals surface area contributed by atoms with Gasteiger partial charge >= 0.3 is 0 Å². The minimum atomic E-state index is -2.94. The zero-order valence-electron chi connectivity index (χ0n) is 13.9. The first-order chi connectivity index (χ1) is 12.0. The second-order valence-electron chi connectivity index (χ2n) is 6.18. The standard InChI is InChI=1S/C19H20F2N2OS/c1-25-22-18-17(23(13-24)12-19(18,20)21)11-14-6-5-9-16(10-14)15-7-3-2-4-8-15/h2-10,13,17-18,22H,11-12H2,1H3. The summed E-state index contributed by atoms with van der Waals surface area (Å²) in [5, 5.41) is 0. The molecule has 25 heavy (non-hydrogen) atoms. The fraction of sp³-hybridized carbons (Fsp3) is 0.316. The van der Waals surface area contributed by atoms with Crippen molar-refractivity contribution < 1.29 is 13.6 Å². The normalized spacial score (nSPS) is 22.1. The lowest BCUT2D eigenvalue weighted by Gasteiger charge is -2.26. The third-order valence-corrected chi connectivity index (χ3v) is 5.01. The maximum Gasteiger partial charge on any atom is 0.283 e. The van der Waals surface area contributed by atoms with Gasteiger partial charge in [-0.25, -0.2) is 8.78 Å². The summed E-state index contributed by atoms with van der Waals surface area (Å²) >= 11 is 1.16. The molecule has 1 aliphatic heterocycles. The number of hydrogen-bond acceptors (Lipinski definition) is 3. The van der Waals surface area contributed by atoms with Crippen LogP contribution in [0.15, 0.2) is 54.6 Å². The number of carbonyl (C=O) groups is 1. The summed E-state index contributed by atoms with van der Waals surface area (Å²) in [5.74, 6) is -2.94. The van der Waals surface area contributed by atoms with Crippen molar-refractivity contribution in [2.45, 2.75) is 24.4 Å². The largest absolute Gasteiger partial charge is 0.334 e. The van der Waals surface area contributed by atoms with E-state index in [1.807, 2.05) is 54.6 Å². The van der Waals surface area contributed by atoms with Crippen LogP contribution in [0.1, 0.15) is 5.56 Å². The molecule has 2 aromatic carbocycles. The van der Waals surface area contributed by atoms with Gasteiger partial charge in [0, 0.05) is 0 Å². The van der Waals surface area contributed by atoms with Crippen LogP contribution in [-0.4, -0.2) is 42.1 Å². The zero-order valence-corrected chi connectivity index (χ0v) is 14.7. The molecule has 0 saturated carbocycles. The molecular formula is C19H20F2N2OS. The van der Waals surface area contributed by atoms with Gasteiger partial charge in [0.2, 0.25) is 6.41 Å². The molecule has 1 fully saturated rings. The fourth-order valence-electron chi connectivity index (χ4n) is 3.32. The first-order valence-corrected chi connectivity index (χ1v) is 9.29. The number of nitrogens with one attached hydrogen (secondary N) is 1. The molecule has 6 heteroatoms. The van der Waals surface area contributed by atoms with Crippen LogP contribution in [0, 0.1) is 0 Å².